The highest BCUT2D eigenvalue weighted by Gasteiger charge is 2.31. The molecule has 0 fully saturated rings. The van der Waals surface area contributed by atoms with Gasteiger partial charge in [-0.2, -0.15) is 0 Å². The average molecular weight is 614 g/mol. The summed E-state index contributed by atoms with van der Waals surface area (Å²) in [4.78, 5) is 29.2. The molecule has 0 unspecified atom stereocenters. The molecule has 0 aromatic heterocycles. The van der Waals surface area contributed by atoms with Crippen LogP contribution >= 0.6 is 11.6 Å². The number of ether oxygens (including phenoxy) is 1. The molecule has 1 N–H and O–H groups in total. The second-order valence-electron chi connectivity index (χ2n) is 10.3. The van der Waals surface area contributed by atoms with Crippen LogP contribution < -0.4 is 14.4 Å². The van der Waals surface area contributed by atoms with Crippen LogP contribution in [-0.4, -0.2) is 57.1 Å². The van der Waals surface area contributed by atoms with Crippen molar-refractivity contribution in [2.75, 3.05) is 24.2 Å². The molecule has 0 saturated carbocycles. The molecule has 3 aromatic rings. The van der Waals surface area contributed by atoms with Crippen LogP contribution in [-0.2, 0) is 32.6 Å². The molecule has 0 aliphatic heterocycles. The Labute approximate surface area is 254 Å². The summed E-state index contributed by atoms with van der Waals surface area (Å²) in [5, 5.41) is 3.47. The summed E-state index contributed by atoms with van der Waals surface area (Å²) >= 11 is 6.11. The van der Waals surface area contributed by atoms with Crippen LogP contribution in [0, 0.1) is 0 Å². The van der Waals surface area contributed by atoms with Gasteiger partial charge in [-0.1, -0.05) is 67.1 Å². The molecule has 2 amide bonds. The number of nitrogens with zero attached hydrogens (tertiary/aromatic N) is 2. The highest BCUT2D eigenvalue weighted by molar-refractivity contribution is 7.92. The number of carbonyl (C=O) groups is 2. The fraction of sp³-hybridized carbons (Fsp3) is 0.375. The van der Waals surface area contributed by atoms with E-state index in [9.17, 15) is 18.0 Å². The fourth-order valence-corrected chi connectivity index (χ4v) is 5.74. The minimum Gasteiger partial charge on any atom is -0.497 e. The summed E-state index contributed by atoms with van der Waals surface area (Å²) in [5.41, 5.74) is 2.17. The van der Waals surface area contributed by atoms with E-state index in [2.05, 4.69) is 5.32 Å². The van der Waals surface area contributed by atoms with Gasteiger partial charge in [-0.15, -0.1) is 0 Å². The lowest BCUT2D eigenvalue weighted by Gasteiger charge is -2.33. The van der Waals surface area contributed by atoms with Crippen LogP contribution in [0.3, 0.4) is 0 Å². The molecular formula is C32H40ClN3O5S. The van der Waals surface area contributed by atoms with E-state index in [1.165, 1.54) is 4.31 Å². The van der Waals surface area contributed by atoms with Crippen molar-refractivity contribution >= 4 is 39.1 Å². The van der Waals surface area contributed by atoms with E-state index in [0.717, 1.165) is 23.8 Å². The first-order valence-electron chi connectivity index (χ1n) is 14.0. The zero-order chi connectivity index (χ0) is 30.7. The summed E-state index contributed by atoms with van der Waals surface area (Å²) in [6, 6.07) is 22.7. The predicted octanol–water partition coefficient (Wildman–Crippen LogP) is 5.45. The number of halogens is 1. The third kappa shape index (κ3) is 9.77. The van der Waals surface area contributed by atoms with Gasteiger partial charge < -0.3 is 15.0 Å². The van der Waals surface area contributed by atoms with Gasteiger partial charge in [0.15, 0.2) is 0 Å². The lowest BCUT2D eigenvalue weighted by molar-refractivity contribution is -0.141. The van der Waals surface area contributed by atoms with E-state index in [4.69, 9.17) is 16.3 Å². The van der Waals surface area contributed by atoms with Crippen LogP contribution in [0.5, 0.6) is 5.75 Å². The molecule has 226 valence electrons. The molecule has 0 aliphatic rings. The van der Waals surface area contributed by atoms with Gasteiger partial charge in [0.05, 0.1) is 19.1 Å². The van der Waals surface area contributed by atoms with Crippen molar-refractivity contribution in [3.63, 3.8) is 0 Å². The summed E-state index contributed by atoms with van der Waals surface area (Å²) in [7, 11) is -2.05. The number of anilines is 1. The highest BCUT2D eigenvalue weighted by Crippen LogP contribution is 2.23. The van der Waals surface area contributed by atoms with Crippen molar-refractivity contribution in [3.8, 4) is 5.75 Å². The zero-order valence-corrected chi connectivity index (χ0v) is 26.2. The smallest absolute Gasteiger partial charge is 0.243 e. The van der Waals surface area contributed by atoms with Crippen LogP contribution in [0.15, 0.2) is 78.9 Å². The second kappa shape index (κ2) is 15.6. The number of nitrogens with one attached hydrogen (secondary N) is 1. The fourth-order valence-electron chi connectivity index (χ4n) is 4.60. The van der Waals surface area contributed by atoms with Crippen LogP contribution in [0.2, 0.25) is 5.02 Å². The molecule has 0 spiro atoms. The quantitative estimate of drug-likeness (QED) is 0.246. The number of hydrogen-bond donors (Lipinski definition) is 1. The largest absolute Gasteiger partial charge is 0.497 e. The lowest BCUT2D eigenvalue weighted by atomic mass is 10.0. The van der Waals surface area contributed by atoms with Crippen molar-refractivity contribution in [1.29, 1.82) is 0 Å². The highest BCUT2D eigenvalue weighted by atomic mass is 35.5. The number of methoxy groups -OCH3 is 1. The first-order valence-corrected chi connectivity index (χ1v) is 16.2. The summed E-state index contributed by atoms with van der Waals surface area (Å²) in [6.07, 6.45) is 2.49. The predicted molar refractivity (Wildman–Crippen MR) is 168 cm³/mol. The molecule has 2 atom stereocenters. The summed E-state index contributed by atoms with van der Waals surface area (Å²) < 4.78 is 31.9. The van der Waals surface area contributed by atoms with Gasteiger partial charge in [0, 0.05) is 37.0 Å². The Hall–Kier alpha value is -3.56. The molecule has 3 rings (SSSR count). The topological polar surface area (TPSA) is 96.0 Å². The van der Waals surface area contributed by atoms with Crippen molar-refractivity contribution in [2.45, 2.75) is 58.2 Å². The Bertz CT molecular complexity index is 1430. The van der Waals surface area contributed by atoms with Crippen molar-refractivity contribution in [1.82, 2.24) is 10.2 Å². The van der Waals surface area contributed by atoms with Gasteiger partial charge >= 0.3 is 0 Å². The zero-order valence-electron chi connectivity index (χ0n) is 24.6. The maximum atomic E-state index is 13.9. The maximum absolute atomic E-state index is 13.9. The van der Waals surface area contributed by atoms with E-state index < -0.39 is 16.1 Å². The lowest BCUT2D eigenvalue weighted by Crippen LogP contribution is -2.52. The second-order valence-corrected chi connectivity index (χ2v) is 12.7. The third-order valence-electron chi connectivity index (χ3n) is 7.01. The molecule has 10 heteroatoms. The van der Waals surface area contributed by atoms with Crippen LogP contribution in [0.1, 0.15) is 44.2 Å². The van der Waals surface area contributed by atoms with Crippen molar-refractivity contribution in [3.05, 3.63) is 95.0 Å². The Morgan fingerprint density at radius 1 is 0.976 bits per heavy atom. The average Bonchev–Trinajstić information content (AvgIpc) is 2.96. The summed E-state index contributed by atoms with van der Waals surface area (Å²) in [6.45, 7) is 4.19. The number of carbonyl (C=O) groups excluding carboxylic acids is 2. The normalized spacial score (nSPS) is 12.7. The molecule has 0 bridgehead atoms. The molecule has 0 saturated heterocycles. The minimum absolute atomic E-state index is 0.0401. The Morgan fingerprint density at radius 2 is 1.67 bits per heavy atom. The van der Waals surface area contributed by atoms with Crippen LogP contribution in [0.4, 0.5) is 5.69 Å². The molecule has 0 heterocycles. The Balaban J connectivity index is 1.91. The van der Waals surface area contributed by atoms with E-state index in [-0.39, 0.29) is 43.8 Å². The molecular weight excluding hydrogens is 574 g/mol. The van der Waals surface area contributed by atoms with Gasteiger partial charge in [0.2, 0.25) is 21.8 Å². The Morgan fingerprint density at radius 3 is 2.31 bits per heavy atom. The van der Waals surface area contributed by atoms with Gasteiger partial charge in [-0.3, -0.25) is 13.9 Å². The van der Waals surface area contributed by atoms with Crippen LogP contribution in [0.25, 0.3) is 0 Å². The van der Waals surface area contributed by atoms with E-state index in [0.29, 0.717) is 22.9 Å². The molecule has 42 heavy (non-hydrogen) atoms. The number of amides is 2. The first-order chi connectivity index (χ1) is 20.0. The molecule has 0 aliphatic carbocycles. The van der Waals surface area contributed by atoms with Crippen molar-refractivity contribution in [2.24, 2.45) is 0 Å². The Kier molecular flexibility index (Phi) is 12.2. The van der Waals surface area contributed by atoms with E-state index in [1.807, 2.05) is 68.4 Å². The van der Waals surface area contributed by atoms with Crippen molar-refractivity contribution < 1.29 is 22.7 Å². The van der Waals surface area contributed by atoms with E-state index >= 15 is 0 Å². The van der Waals surface area contributed by atoms with E-state index in [1.54, 1.807) is 36.3 Å². The standard InChI is InChI=1S/C32H40ClN3O5S/c1-5-24(2)34-32(38)30(21-25-12-7-6-8-13-25)35(23-26-14-9-17-29(20-26)41-3)31(37)18-11-19-36(42(4,39)40)28-16-10-15-27(33)22-28/h6-10,12-17,20,22,24,30H,5,11,18-19,21,23H2,1-4H3,(H,34,38)/t24-,30+/m1/s1. The molecule has 3 aromatic carbocycles. The monoisotopic (exact) mass is 613 g/mol. The maximum Gasteiger partial charge on any atom is 0.243 e. The summed E-state index contributed by atoms with van der Waals surface area (Å²) in [5.74, 6) is 0.160. The minimum atomic E-state index is -3.62. The van der Waals surface area contributed by atoms with Gasteiger partial charge in [-0.05, 0) is 61.2 Å². The number of hydrogen-bond acceptors (Lipinski definition) is 5. The first kappa shape index (κ1) is 32.9. The third-order valence-corrected chi connectivity index (χ3v) is 8.44. The number of sulfonamides is 1. The van der Waals surface area contributed by atoms with Gasteiger partial charge in [0.1, 0.15) is 11.8 Å². The number of rotatable bonds is 15. The van der Waals surface area contributed by atoms with Gasteiger partial charge in [-0.25, -0.2) is 8.42 Å². The molecule has 0 radical (unpaired) electrons. The number of benzene rings is 3. The van der Waals surface area contributed by atoms with Gasteiger partial charge in [0.25, 0.3) is 0 Å². The SMILES string of the molecule is CC[C@@H](C)NC(=O)[C@H](Cc1ccccc1)N(Cc1cccc(OC)c1)C(=O)CCCN(c1cccc(Cl)c1)S(C)(=O)=O. The molecule has 8 nitrogen and oxygen atoms in total.